The lowest BCUT2D eigenvalue weighted by atomic mass is 10.1. The molecule has 0 saturated carbocycles. The van der Waals surface area contributed by atoms with Gasteiger partial charge in [-0.05, 0) is 31.5 Å². The number of nitrogens with two attached hydrogens (primary N) is 1. The van der Waals surface area contributed by atoms with E-state index in [1.807, 2.05) is 0 Å². The van der Waals surface area contributed by atoms with Gasteiger partial charge < -0.3 is 21.3 Å². The monoisotopic (exact) mass is 260 g/mol. The van der Waals surface area contributed by atoms with Gasteiger partial charge in [-0.15, -0.1) is 12.4 Å². The predicted molar refractivity (Wildman–Crippen MR) is 67.6 cm³/mol. The Morgan fingerprint density at radius 2 is 2.00 bits per heavy atom. The molecule has 1 aromatic rings. The summed E-state index contributed by atoms with van der Waals surface area (Å²) in [6.45, 7) is 1.10. The summed E-state index contributed by atoms with van der Waals surface area (Å²) in [6.07, 6.45) is 1.63. The van der Waals surface area contributed by atoms with Crippen molar-refractivity contribution in [3.8, 4) is 11.5 Å². The molecular formula is C11H17ClN2O3. The summed E-state index contributed by atoms with van der Waals surface area (Å²) in [5.41, 5.74) is 5.39. The van der Waals surface area contributed by atoms with Crippen molar-refractivity contribution < 1.29 is 15.0 Å². The van der Waals surface area contributed by atoms with E-state index in [0.29, 0.717) is 13.1 Å². The summed E-state index contributed by atoms with van der Waals surface area (Å²) >= 11 is 0. The van der Waals surface area contributed by atoms with Crippen molar-refractivity contribution in [3.63, 3.8) is 0 Å². The van der Waals surface area contributed by atoms with Crippen LogP contribution in [0.2, 0.25) is 0 Å². The Labute approximate surface area is 106 Å². The highest BCUT2D eigenvalue weighted by Crippen LogP contribution is 2.27. The van der Waals surface area contributed by atoms with E-state index in [0.717, 1.165) is 12.8 Å². The first-order valence-electron chi connectivity index (χ1n) is 5.16. The maximum atomic E-state index is 11.6. The van der Waals surface area contributed by atoms with Crippen LogP contribution in [-0.4, -0.2) is 29.2 Å². The minimum atomic E-state index is -0.398. The van der Waals surface area contributed by atoms with Crippen molar-refractivity contribution in [3.05, 3.63) is 23.8 Å². The molecule has 17 heavy (non-hydrogen) atoms. The topological polar surface area (TPSA) is 95.6 Å². The lowest BCUT2D eigenvalue weighted by molar-refractivity contribution is 0.0949. The van der Waals surface area contributed by atoms with Crippen LogP contribution in [-0.2, 0) is 0 Å². The molecule has 0 atom stereocenters. The number of benzene rings is 1. The summed E-state index contributed by atoms with van der Waals surface area (Å²) in [6, 6.07) is 4.28. The van der Waals surface area contributed by atoms with Gasteiger partial charge in [0.25, 0.3) is 5.91 Å². The van der Waals surface area contributed by atoms with Crippen LogP contribution < -0.4 is 11.1 Å². The maximum Gasteiger partial charge on any atom is 0.255 e. The Bertz CT molecular complexity index is 372. The first-order chi connectivity index (χ1) is 7.66. The third-order valence-corrected chi connectivity index (χ3v) is 2.18. The van der Waals surface area contributed by atoms with E-state index in [2.05, 4.69) is 5.32 Å². The molecule has 96 valence electrons. The Balaban J connectivity index is 0.00000256. The van der Waals surface area contributed by atoms with Crippen LogP contribution in [0.3, 0.4) is 0 Å². The number of rotatable bonds is 5. The minimum absolute atomic E-state index is 0. The zero-order chi connectivity index (χ0) is 12.0. The highest BCUT2D eigenvalue weighted by Gasteiger charge is 2.12. The number of hydrogen-bond donors (Lipinski definition) is 4. The van der Waals surface area contributed by atoms with Crippen LogP contribution in [0.15, 0.2) is 18.2 Å². The van der Waals surface area contributed by atoms with Crippen LogP contribution in [0.1, 0.15) is 23.2 Å². The van der Waals surface area contributed by atoms with Crippen molar-refractivity contribution >= 4 is 18.3 Å². The van der Waals surface area contributed by atoms with Crippen LogP contribution in [0.25, 0.3) is 0 Å². The summed E-state index contributed by atoms with van der Waals surface area (Å²) in [5, 5.41) is 21.3. The van der Waals surface area contributed by atoms with E-state index in [1.165, 1.54) is 18.2 Å². The second kappa shape index (κ2) is 7.76. The number of phenolic OH excluding ortho intramolecular Hbond substituents is 2. The fraction of sp³-hybridized carbons (Fsp3) is 0.364. The van der Waals surface area contributed by atoms with E-state index in [9.17, 15) is 15.0 Å². The second-order valence-electron chi connectivity index (χ2n) is 3.42. The molecule has 0 aromatic heterocycles. The molecule has 0 aliphatic carbocycles. The molecular weight excluding hydrogens is 244 g/mol. The number of nitrogens with one attached hydrogen (secondary N) is 1. The first kappa shape index (κ1) is 15.5. The van der Waals surface area contributed by atoms with Crippen molar-refractivity contribution in [2.24, 2.45) is 5.73 Å². The van der Waals surface area contributed by atoms with Gasteiger partial charge in [0.1, 0.15) is 0 Å². The zero-order valence-corrected chi connectivity index (χ0v) is 10.2. The van der Waals surface area contributed by atoms with Crippen LogP contribution in [0, 0.1) is 0 Å². The lowest BCUT2D eigenvalue weighted by Crippen LogP contribution is -2.24. The van der Waals surface area contributed by atoms with Gasteiger partial charge in [-0.2, -0.15) is 0 Å². The molecule has 0 heterocycles. The summed E-state index contributed by atoms with van der Waals surface area (Å²) in [4.78, 5) is 11.6. The van der Waals surface area contributed by atoms with Crippen molar-refractivity contribution in [2.45, 2.75) is 12.8 Å². The molecule has 0 fully saturated rings. The number of carbonyl (C=O) groups is 1. The normalized spacial score (nSPS) is 9.47. The quantitative estimate of drug-likeness (QED) is 0.469. The summed E-state index contributed by atoms with van der Waals surface area (Å²) < 4.78 is 0. The molecule has 5 N–H and O–H groups in total. The number of carbonyl (C=O) groups excluding carboxylic acids is 1. The van der Waals surface area contributed by atoms with E-state index in [1.54, 1.807) is 0 Å². The number of unbranched alkanes of at least 4 members (excludes halogenated alkanes) is 1. The largest absolute Gasteiger partial charge is 0.504 e. The molecule has 0 spiro atoms. The summed E-state index contributed by atoms with van der Waals surface area (Å²) in [5.74, 6) is -1.08. The van der Waals surface area contributed by atoms with Crippen LogP contribution in [0.4, 0.5) is 0 Å². The predicted octanol–water partition coefficient (Wildman–Crippen LogP) is 0.988. The number of para-hydroxylation sites is 1. The number of halogens is 1. The van der Waals surface area contributed by atoms with E-state index in [4.69, 9.17) is 5.73 Å². The molecule has 6 heteroatoms. The maximum absolute atomic E-state index is 11.6. The SMILES string of the molecule is Cl.NCCCCNC(=O)c1cccc(O)c1O. The van der Waals surface area contributed by atoms with E-state index in [-0.39, 0.29) is 29.5 Å². The van der Waals surface area contributed by atoms with Crippen molar-refractivity contribution in [1.82, 2.24) is 5.32 Å². The van der Waals surface area contributed by atoms with Gasteiger partial charge in [-0.1, -0.05) is 6.07 Å². The first-order valence-corrected chi connectivity index (χ1v) is 5.16. The third-order valence-electron chi connectivity index (χ3n) is 2.18. The van der Waals surface area contributed by atoms with Gasteiger partial charge in [0.15, 0.2) is 11.5 Å². The van der Waals surface area contributed by atoms with Gasteiger partial charge in [0, 0.05) is 6.54 Å². The molecule has 0 radical (unpaired) electrons. The third kappa shape index (κ3) is 4.50. The van der Waals surface area contributed by atoms with Gasteiger partial charge in [-0.25, -0.2) is 0 Å². The summed E-state index contributed by atoms with van der Waals surface area (Å²) in [7, 11) is 0. The molecule has 1 aromatic carbocycles. The Kier molecular flexibility index (Phi) is 7.09. The number of hydrogen-bond acceptors (Lipinski definition) is 4. The molecule has 5 nitrogen and oxygen atoms in total. The van der Waals surface area contributed by atoms with Crippen LogP contribution >= 0.6 is 12.4 Å². The van der Waals surface area contributed by atoms with E-state index >= 15 is 0 Å². The van der Waals surface area contributed by atoms with Crippen LogP contribution in [0.5, 0.6) is 11.5 Å². The van der Waals surface area contributed by atoms with Crippen molar-refractivity contribution in [1.29, 1.82) is 0 Å². The Hall–Kier alpha value is -1.46. The lowest BCUT2D eigenvalue weighted by Gasteiger charge is -2.07. The average Bonchev–Trinajstić information content (AvgIpc) is 2.28. The molecule has 0 bridgehead atoms. The molecule has 0 saturated heterocycles. The number of phenols is 2. The van der Waals surface area contributed by atoms with Gasteiger partial charge >= 0.3 is 0 Å². The number of aromatic hydroxyl groups is 2. The van der Waals surface area contributed by atoms with Crippen molar-refractivity contribution in [2.75, 3.05) is 13.1 Å². The fourth-order valence-corrected chi connectivity index (χ4v) is 1.28. The second-order valence-corrected chi connectivity index (χ2v) is 3.42. The standard InChI is InChI=1S/C11H16N2O3.ClH/c12-6-1-2-7-13-11(16)8-4-3-5-9(14)10(8)15;/h3-5,14-15H,1-2,6-7,12H2,(H,13,16);1H. The highest BCUT2D eigenvalue weighted by atomic mass is 35.5. The highest BCUT2D eigenvalue weighted by molar-refractivity contribution is 5.97. The Morgan fingerprint density at radius 3 is 2.65 bits per heavy atom. The zero-order valence-electron chi connectivity index (χ0n) is 9.35. The Morgan fingerprint density at radius 1 is 1.29 bits per heavy atom. The van der Waals surface area contributed by atoms with Gasteiger partial charge in [-0.3, -0.25) is 4.79 Å². The fourth-order valence-electron chi connectivity index (χ4n) is 1.28. The molecule has 1 amide bonds. The van der Waals surface area contributed by atoms with Gasteiger partial charge in [0.05, 0.1) is 5.56 Å². The average molecular weight is 261 g/mol. The molecule has 0 aliphatic heterocycles. The van der Waals surface area contributed by atoms with E-state index < -0.39 is 5.91 Å². The molecule has 1 rings (SSSR count). The smallest absolute Gasteiger partial charge is 0.255 e. The molecule has 0 unspecified atom stereocenters. The minimum Gasteiger partial charge on any atom is -0.504 e. The number of amides is 1. The van der Waals surface area contributed by atoms with Gasteiger partial charge in [0.2, 0.25) is 0 Å². The molecule has 0 aliphatic rings.